The minimum absolute atomic E-state index is 0.0525. The second-order valence-electron chi connectivity index (χ2n) is 9.25. The van der Waals surface area contributed by atoms with Crippen molar-refractivity contribution in [3.8, 4) is 11.1 Å². The SMILES string of the molecule is Cc1ccc(C(=O)N(CC2CC2)c2nnc(N3CCCCC3)s2)cc1-c1ccc(C(N)=O)cc1. The summed E-state index contributed by atoms with van der Waals surface area (Å²) >= 11 is 1.51. The maximum atomic E-state index is 13.7. The van der Waals surface area contributed by atoms with Gasteiger partial charge in [-0.15, -0.1) is 10.2 Å². The third kappa shape index (κ3) is 4.82. The highest BCUT2D eigenvalue weighted by Crippen LogP contribution is 2.36. The van der Waals surface area contributed by atoms with Crippen molar-refractivity contribution in [3.63, 3.8) is 0 Å². The zero-order valence-corrected chi connectivity index (χ0v) is 20.2. The van der Waals surface area contributed by atoms with Gasteiger partial charge in [-0.2, -0.15) is 0 Å². The number of nitrogens with two attached hydrogens (primary N) is 1. The molecule has 1 saturated heterocycles. The predicted octanol–water partition coefficient (Wildman–Crippen LogP) is 4.66. The van der Waals surface area contributed by atoms with Crippen molar-refractivity contribution in [2.24, 2.45) is 11.7 Å². The normalized spacial score (nSPS) is 15.9. The predicted molar refractivity (Wildman–Crippen MR) is 136 cm³/mol. The fourth-order valence-corrected chi connectivity index (χ4v) is 5.28. The molecule has 34 heavy (non-hydrogen) atoms. The molecule has 2 fully saturated rings. The summed E-state index contributed by atoms with van der Waals surface area (Å²) in [6.07, 6.45) is 5.90. The minimum Gasteiger partial charge on any atom is -0.366 e. The molecule has 1 saturated carbocycles. The summed E-state index contributed by atoms with van der Waals surface area (Å²) in [6, 6.07) is 13.0. The van der Waals surface area contributed by atoms with Gasteiger partial charge in [-0.1, -0.05) is 29.5 Å². The zero-order chi connectivity index (χ0) is 23.7. The Kier molecular flexibility index (Phi) is 6.32. The number of primary amides is 1. The number of piperidine rings is 1. The summed E-state index contributed by atoms with van der Waals surface area (Å²) in [6.45, 7) is 4.69. The second kappa shape index (κ2) is 9.54. The molecule has 1 aromatic heterocycles. The van der Waals surface area contributed by atoms with Gasteiger partial charge in [-0.3, -0.25) is 14.5 Å². The lowest BCUT2D eigenvalue weighted by molar-refractivity contribution is 0.0982. The summed E-state index contributed by atoms with van der Waals surface area (Å²) in [5.74, 6) is 0.0182. The standard InChI is InChI=1S/C26H29N5O2S/c1-17-5-8-21(15-22(17)19-9-11-20(12-10-19)23(27)32)24(33)31(16-18-6-7-18)26-29-28-25(34-26)30-13-3-2-4-14-30/h5,8-12,15,18H,2-4,6-7,13-14,16H2,1H3,(H2,27,32). The Morgan fingerprint density at radius 2 is 1.74 bits per heavy atom. The number of carbonyl (C=O) groups is 2. The van der Waals surface area contributed by atoms with Gasteiger partial charge < -0.3 is 10.6 Å². The van der Waals surface area contributed by atoms with E-state index in [2.05, 4.69) is 15.1 Å². The maximum Gasteiger partial charge on any atom is 0.260 e. The van der Waals surface area contributed by atoms with Crippen LogP contribution in [0.3, 0.4) is 0 Å². The molecule has 2 N–H and O–H groups in total. The monoisotopic (exact) mass is 475 g/mol. The number of aromatic nitrogens is 2. The van der Waals surface area contributed by atoms with Gasteiger partial charge in [0.05, 0.1) is 0 Å². The van der Waals surface area contributed by atoms with Crippen molar-refractivity contribution in [2.75, 3.05) is 29.4 Å². The van der Waals surface area contributed by atoms with Gasteiger partial charge in [-0.25, -0.2) is 0 Å². The first-order chi connectivity index (χ1) is 16.5. The molecule has 2 heterocycles. The Hall–Kier alpha value is -3.26. The second-order valence-corrected chi connectivity index (χ2v) is 10.2. The number of rotatable bonds is 7. The zero-order valence-electron chi connectivity index (χ0n) is 19.4. The van der Waals surface area contributed by atoms with E-state index in [-0.39, 0.29) is 5.91 Å². The number of hydrogen-bond donors (Lipinski definition) is 1. The van der Waals surface area contributed by atoms with Crippen LogP contribution in [-0.2, 0) is 0 Å². The van der Waals surface area contributed by atoms with Crippen LogP contribution in [-0.4, -0.2) is 41.6 Å². The van der Waals surface area contributed by atoms with Crippen molar-refractivity contribution in [1.82, 2.24) is 10.2 Å². The Bertz CT molecular complexity index is 1200. The van der Waals surface area contributed by atoms with E-state index in [0.717, 1.165) is 47.8 Å². The minimum atomic E-state index is -0.455. The largest absolute Gasteiger partial charge is 0.366 e. The molecule has 176 valence electrons. The molecule has 0 unspecified atom stereocenters. The fraction of sp³-hybridized carbons (Fsp3) is 0.385. The first-order valence-electron chi connectivity index (χ1n) is 11.9. The fourth-order valence-electron chi connectivity index (χ4n) is 4.37. The van der Waals surface area contributed by atoms with Gasteiger partial charge in [0.25, 0.3) is 5.91 Å². The molecular formula is C26H29N5O2S. The van der Waals surface area contributed by atoms with E-state index in [0.29, 0.717) is 28.7 Å². The number of carbonyl (C=O) groups excluding carboxylic acids is 2. The van der Waals surface area contributed by atoms with Crippen molar-refractivity contribution in [3.05, 3.63) is 59.2 Å². The molecular weight excluding hydrogens is 446 g/mol. The average molecular weight is 476 g/mol. The molecule has 2 aliphatic rings. The van der Waals surface area contributed by atoms with Crippen molar-refractivity contribution >= 4 is 33.4 Å². The topological polar surface area (TPSA) is 92.4 Å². The number of amides is 2. The Morgan fingerprint density at radius 1 is 1.03 bits per heavy atom. The van der Waals surface area contributed by atoms with Crippen molar-refractivity contribution in [2.45, 2.75) is 39.0 Å². The maximum absolute atomic E-state index is 13.7. The lowest BCUT2D eigenvalue weighted by Gasteiger charge is -2.25. The highest BCUT2D eigenvalue weighted by molar-refractivity contribution is 7.19. The lowest BCUT2D eigenvalue weighted by Crippen LogP contribution is -2.33. The van der Waals surface area contributed by atoms with Crippen LogP contribution < -0.4 is 15.5 Å². The molecule has 8 heteroatoms. The van der Waals surface area contributed by atoms with E-state index >= 15 is 0 Å². The van der Waals surface area contributed by atoms with Gasteiger partial charge in [0.15, 0.2) is 0 Å². The lowest BCUT2D eigenvalue weighted by atomic mass is 9.96. The van der Waals surface area contributed by atoms with Crippen LogP contribution in [0.5, 0.6) is 0 Å². The summed E-state index contributed by atoms with van der Waals surface area (Å²) in [5.41, 5.74) is 9.41. The number of nitrogens with zero attached hydrogens (tertiary/aromatic N) is 4. The van der Waals surface area contributed by atoms with E-state index < -0.39 is 5.91 Å². The summed E-state index contributed by atoms with van der Waals surface area (Å²) in [5, 5.41) is 10.4. The van der Waals surface area contributed by atoms with E-state index in [4.69, 9.17) is 5.73 Å². The summed E-state index contributed by atoms with van der Waals surface area (Å²) < 4.78 is 0. The van der Waals surface area contributed by atoms with E-state index in [1.165, 1.54) is 30.6 Å². The quantitative estimate of drug-likeness (QED) is 0.537. The van der Waals surface area contributed by atoms with Crippen LogP contribution in [0.25, 0.3) is 11.1 Å². The number of aryl methyl sites for hydroxylation is 1. The summed E-state index contributed by atoms with van der Waals surface area (Å²) in [4.78, 5) is 29.2. The van der Waals surface area contributed by atoms with Crippen LogP contribution in [0.4, 0.5) is 10.3 Å². The van der Waals surface area contributed by atoms with E-state index in [1.54, 1.807) is 12.1 Å². The number of hydrogen-bond acceptors (Lipinski definition) is 6. The van der Waals surface area contributed by atoms with Crippen LogP contribution in [0.1, 0.15) is 58.4 Å². The van der Waals surface area contributed by atoms with Gasteiger partial charge >= 0.3 is 0 Å². The van der Waals surface area contributed by atoms with Crippen LogP contribution in [0.15, 0.2) is 42.5 Å². The molecule has 1 aliphatic heterocycles. The van der Waals surface area contributed by atoms with E-state index in [1.807, 2.05) is 42.2 Å². The molecule has 2 amide bonds. The van der Waals surface area contributed by atoms with Crippen molar-refractivity contribution < 1.29 is 9.59 Å². The van der Waals surface area contributed by atoms with Crippen LogP contribution in [0, 0.1) is 12.8 Å². The van der Waals surface area contributed by atoms with Gasteiger partial charge in [-0.05, 0) is 85.9 Å². The first-order valence-corrected chi connectivity index (χ1v) is 12.7. The Balaban J connectivity index is 1.43. The highest BCUT2D eigenvalue weighted by Gasteiger charge is 2.31. The molecule has 3 aromatic rings. The Morgan fingerprint density at radius 3 is 2.41 bits per heavy atom. The van der Waals surface area contributed by atoms with Gasteiger partial charge in [0.2, 0.25) is 16.2 Å². The first kappa shape index (κ1) is 22.5. The molecule has 0 atom stereocenters. The molecule has 2 aromatic carbocycles. The molecule has 5 rings (SSSR count). The van der Waals surface area contributed by atoms with Gasteiger partial charge in [0, 0.05) is 30.8 Å². The van der Waals surface area contributed by atoms with Crippen molar-refractivity contribution in [1.29, 1.82) is 0 Å². The Labute approximate surface area is 203 Å². The molecule has 0 spiro atoms. The highest BCUT2D eigenvalue weighted by atomic mass is 32.1. The van der Waals surface area contributed by atoms with Crippen LogP contribution in [0.2, 0.25) is 0 Å². The summed E-state index contributed by atoms with van der Waals surface area (Å²) in [7, 11) is 0. The molecule has 7 nitrogen and oxygen atoms in total. The third-order valence-electron chi connectivity index (χ3n) is 6.61. The molecule has 0 bridgehead atoms. The molecule has 0 radical (unpaired) electrons. The molecule has 1 aliphatic carbocycles. The number of anilines is 2. The average Bonchev–Trinajstić information content (AvgIpc) is 3.56. The van der Waals surface area contributed by atoms with Crippen LogP contribution >= 0.6 is 11.3 Å². The van der Waals surface area contributed by atoms with E-state index in [9.17, 15) is 9.59 Å². The smallest absolute Gasteiger partial charge is 0.260 e. The van der Waals surface area contributed by atoms with Gasteiger partial charge in [0.1, 0.15) is 0 Å². The third-order valence-corrected chi connectivity index (χ3v) is 7.62. The number of benzene rings is 2.